The number of carboxylic acid groups (broad SMARTS) is 2. The van der Waals surface area contributed by atoms with Gasteiger partial charge in [0.25, 0.3) is 11.5 Å². The standard InChI is InChI=1S/C28H24N4O6/c1-16(4-14-23-17(2)29-31(25(23)33)21-10-6-19(7-11-21)27(35)36)5-15-24-18(3)30-32(26(24)34)22-12-8-20(9-13-22)28(37)38/h4-15,29H,1-3H3,(H,35,36)(H,37,38)/b14-4+,16-5+,24-15-. The fraction of sp³-hybridized carbons (Fsp3) is 0.107. The number of nitrogens with one attached hydrogen (secondary N) is 1. The van der Waals surface area contributed by atoms with Crippen molar-refractivity contribution in [3.8, 4) is 5.69 Å². The number of amides is 1. The summed E-state index contributed by atoms with van der Waals surface area (Å²) >= 11 is 0. The summed E-state index contributed by atoms with van der Waals surface area (Å²) in [5, 5.41) is 26.6. The highest BCUT2D eigenvalue weighted by atomic mass is 16.4. The molecule has 1 amide bonds. The summed E-state index contributed by atoms with van der Waals surface area (Å²) in [6.07, 6.45) is 6.82. The molecule has 3 N–H and O–H groups in total. The van der Waals surface area contributed by atoms with Crippen LogP contribution in [0.2, 0.25) is 0 Å². The molecule has 1 aromatic heterocycles. The number of allylic oxidation sites excluding steroid dienone is 4. The number of hydrogen-bond acceptors (Lipinski definition) is 5. The van der Waals surface area contributed by atoms with Gasteiger partial charge in [0.1, 0.15) is 0 Å². The minimum atomic E-state index is -1.05. The molecular weight excluding hydrogens is 488 g/mol. The number of hydrazone groups is 1. The highest BCUT2D eigenvalue weighted by Crippen LogP contribution is 2.24. The molecule has 192 valence electrons. The number of aryl methyl sites for hydroxylation is 1. The molecule has 4 rings (SSSR count). The zero-order valence-corrected chi connectivity index (χ0v) is 20.8. The van der Waals surface area contributed by atoms with E-state index in [1.807, 2.05) is 6.92 Å². The zero-order valence-electron chi connectivity index (χ0n) is 20.8. The summed E-state index contributed by atoms with van der Waals surface area (Å²) < 4.78 is 1.34. The Kier molecular flexibility index (Phi) is 7.06. The van der Waals surface area contributed by atoms with Crippen LogP contribution in [0, 0.1) is 6.92 Å². The number of anilines is 1. The first-order chi connectivity index (χ1) is 18.1. The van der Waals surface area contributed by atoms with Gasteiger partial charge >= 0.3 is 11.9 Å². The first kappa shape index (κ1) is 25.8. The maximum atomic E-state index is 12.9. The number of benzene rings is 2. The number of rotatable bonds is 7. The summed E-state index contributed by atoms with van der Waals surface area (Å²) in [7, 11) is 0. The second-order valence-corrected chi connectivity index (χ2v) is 8.62. The largest absolute Gasteiger partial charge is 0.478 e. The molecular formula is C28H24N4O6. The van der Waals surface area contributed by atoms with E-state index >= 15 is 0 Å². The van der Waals surface area contributed by atoms with Crippen molar-refractivity contribution >= 4 is 35.3 Å². The Hall–Kier alpha value is -5.25. The molecule has 0 fully saturated rings. The van der Waals surface area contributed by atoms with Crippen LogP contribution < -0.4 is 10.6 Å². The number of aromatic nitrogens is 2. The van der Waals surface area contributed by atoms with Crippen LogP contribution in [-0.2, 0) is 4.79 Å². The van der Waals surface area contributed by atoms with E-state index in [2.05, 4.69) is 10.2 Å². The van der Waals surface area contributed by atoms with Gasteiger partial charge in [-0.1, -0.05) is 17.7 Å². The molecule has 2 aromatic carbocycles. The molecule has 0 bridgehead atoms. The van der Waals surface area contributed by atoms with Crippen LogP contribution in [0.3, 0.4) is 0 Å². The van der Waals surface area contributed by atoms with Crippen molar-refractivity contribution in [3.05, 3.63) is 111 Å². The maximum Gasteiger partial charge on any atom is 0.335 e. The monoisotopic (exact) mass is 512 g/mol. The maximum absolute atomic E-state index is 12.9. The Morgan fingerprint density at radius 1 is 0.895 bits per heavy atom. The Bertz CT molecular complexity index is 1620. The predicted molar refractivity (Wildman–Crippen MR) is 143 cm³/mol. The molecule has 0 saturated carbocycles. The van der Waals surface area contributed by atoms with Crippen LogP contribution in [0.25, 0.3) is 11.8 Å². The van der Waals surface area contributed by atoms with Gasteiger partial charge in [0.05, 0.1) is 39.3 Å². The molecule has 10 nitrogen and oxygen atoms in total. The first-order valence-corrected chi connectivity index (χ1v) is 11.5. The smallest absolute Gasteiger partial charge is 0.335 e. The van der Waals surface area contributed by atoms with Crippen LogP contribution in [0.5, 0.6) is 0 Å². The fourth-order valence-corrected chi connectivity index (χ4v) is 3.81. The Labute approximate surface area is 217 Å². The number of carboxylic acids is 2. The van der Waals surface area contributed by atoms with E-state index in [4.69, 9.17) is 10.2 Å². The lowest BCUT2D eigenvalue weighted by Gasteiger charge is -2.11. The van der Waals surface area contributed by atoms with Gasteiger partial charge in [-0.2, -0.15) is 10.1 Å². The van der Waals surface area contributed by atoms with Crippen molar-refractivity contribution in [1.82, 2.24) is 9.78 Å². The molecule has 0 unspecified atom stereocenters. The Morgan fingerprint density at radius 3 is 2.00 bits per heavy atom. The molecule has 1 aliphatic heterocycles. The first-order valence-electron chi connectivity index (χ1n) is 11.5. The topological polar surface area (TPSA) is 145 Å². The predicted octanol–water partition coefficient (Wildman–Crippen LogP) is 4.18. The summed E-state index contributed by atoms with van der Waals surface area (Å²) in [4.78, 5) is 48.0. The third kappa shape index (κ3) is 5.14. The lowest BCUT2D eigenvalue weighted by molar-refractivity contribution is -0.114. The van der Waals surface area contributed by atoms with Crippen LogP contribution in [0.4, 0.5) is 5.69 Å². The molecule has 1 aliphatic rings. The van der Waals surface area contributed by atoms with Crippen molar-refractivity contribution in [2.75, 3.05) is 5.01 Å². The summed E-state index contributed by atoms with van der Waals surface area (Å²) in [6, 6.07) is 11.8. The van der Waals surface area contributed by atoms with Crippen molar-refractivity contribution in [1.29, 1.82) is 0 Å². The minimum Gasteiger partial charge on any atom is -0.478 e. The van der Waals surface area contributed by atoms with Gasteiger partial charge in [0.15, 0.2) is 0 Å². The van der Waals surface area contributed by atoms with E-state index in [9.17, 15) is 19.2 Å². The van der Waals surface area contributed by atoms with Gasteiger partial charge in [-0.3, -0.25) is 14.7 Å². The lowest BCUT2D eigenvalue weighted by atomic mass is 10.1. The van der Waals surface area contributed by atoms with E-state index in [0.29, 0.717) is 33.9 Å². The SMILES string of the molecule is CC1=NN(c2ccc(C(=O)O)cc2)C(=O)\C1=C/C=C(C)/C=C/c1c(C)[nH]n(-c2ccc(C(=O)O)cc2)c1=O. The van der Waals surface area contributed by atoms with Crippen LogP contribution in [-0.4, -0.2) is 43.6 Å². The quantitative estimate of drug-likeness (QED) is 0.320. The Balaban J connectivity index is 1.52. The molecule has 3 aromatic rings. The van der Waals surface area contributed by atoms with E-state index < -0.39 is 11.9 Å². The van der Waals surface area contributed by atoms with Gasteiger partial charge in [0, 0.05) is 5.69 Å². The number of aromatic amines is 1. The molecule has 0 saturated heterocycles. The van der Waals surface area contributed by atoms with E-state index in [1.54, 1.807) is 50.3 Å². The average molecular weight is 513 g/mol. The average Bonchev–Trinajstić information content (AvgIpc) is 3.34. The fourth-order valence-electron chi connectivity index (χ4n) is 3.81. The molecule has 0 spiro atoms. The van der Waals surface area contributed by atoms with Crippen LogP contribution in [0.15, 0.2) is 87.8 Å². The molecule has 0 aliphatic carbocycles. The molecule has 10 heteroatoms. The number of carbonyl (C=O) groups is 3. The summed E-state index contributed by atoms with van der Waals surface area (Å²) in [6.45, 7) is 5.30. The highest BCUT2D eigenvalue weighted by molar-refractivity contribution is 6.29. The van der Waals surface area contributed by atoms with Crippen molar-refractivity contribution < 1.29 is 24.6 Å². The number of carbonyl (C=O) groups excluding carboxylic acids is 1. The number of hydrogen-bond donors (Lipinski definition) is 3. The molecule has 2 heterocycles. The van der Waals surface area contributed by atoms with Crippen LogP contribution in [0.1, 0.15) is 45.8 Å². The zero-order chi connectivity index (χ0) is 27.6. The van der Waals surface area contributed by atoms with Gasteiger partial charge in [0.2, 0.25) is 0 Å². The second kappa shape index (κ2) is 10.4. The lowest BCUT2D eigenvalue weighted by Crippen LogP contribution is -2.21. The van der Waals surface area contributed by atoms with E-state index in [1.165, 1.54) is 46.1 Å². The third-order valence-corrected chi connectivity index (χ3v) is 5.94. The summed E-state index contributed by atoms with van der Waals surface area (Å²) in [5.74, 6) is -2.44. The number of H-pyrrole nitrogens is 1. The van der Waals surface area contributed by atoms with Gasteiger partial charge < -0.3 is 10.2 Å². The van der Waals surface area contributed by atoms with Crippen molar-refractivity contribution in [3.63, 3.8) is 0 Å². The second-order valence-electron chi connectivity index (χ2n) is 8.62. The third-order valence-electron chi connectivity index (χ3n) is 5.94. The Morgan fingerprint density at radius 2 is 1.45 bits per heavy atom. The number of aromatic carboxylic acids is 2. The summed E-state index contributed by atoms with van der Waals surface area (Å²) in [5.41, 5.74) is 3.69. The van der Waals surface area contributed by atoms with Crippen molar-refractivity contribution in [2.24, 2.45) is 5.10 Å². The highest BCUT2D eigenvalue weighted by Gasteiger charge is 2.28. The molecule has 0 radical (unpaired) electrons. The molecule has 38 heavy (non-hydrogen) atoms. The van der Waals surface area contributed by atoms with Crippen molar-refractivity contribution in [2.45, 2.75) is 20.8 Å². The van der Waals surface area contributed by atoms with Gasteiger partial charge in [-0.05, 0) is 81.5 Å². The van der Waals surface area contributed by atoms with E-state index in [-0.39, 0.29) is 22.6 Å². The minimum absolute atomic E-state index is 0.114. The van der Waals surface area contributed by atoms with Gasteiger partial charge in [-0.25, -0.2) is 14.3 Å². The molecule has 0 atom stereocenters. The van der Waals surface area contributed by atoms with Gasteiger partial charge in [-0.15, -0.1) is 0 Å². The van der Waals surface area contributed by atoms with E-state index in [0.717, 1.165) is 5.57 Å². The van der Waals surface area contributed by atoms with Crippen LogP contribution >= 0.6 is 0 Å². The number of nitrogens with zero attached hydrogens (tertiary/aromatic N) is 3. The normalized spacial score (nSPS) is 15.0.